The number of thioether (sulfide) groups is 2. The lowest BCUT2D eigenvalue weighted by molar-refractivity contribution is -0.130. The highest BCUT2D eigenvalue weighted by Gasteiger charge is 2.31. The lowest BCUT2D eigenvalue weighted by atomic mass is 10.0. The van der Waals surface area contributed by atoms with E-state index in [1.54, 1.807) is 23.5 Å². The van der Waals surface area contributed by atoms with E-state index < -0.39 is 0 Å². The zero-order valence-electron chi connectivity index (χ0n) is 21.2. The van der Waals surface area contributed by atoms with E-state index in [4.69, 9.17) is 0 Å². The Labute approximate surface area is 208 Å². The molecule has 1 N–H and O–H groups in total. The highest BCUT2D eigenvalue weighted by Crippen LogP contribution is 2.39. The van der Waals surface area contributed by atoms with E-state index in [9.17, 15) is 9.59 Å². The summed E-state index contributed by atoms with van der Waals surface area (Å²) in [6.45, 7) is 21.3. The first-order chi connectivity index (χ1) is 15.7. The summed E-state index contributed by atoms with van der Waals surface area (Å²) in [6.07, 6.45) is 4.21. The fraction of sp³-hybridized carbons (Fsp3) is 0.462. The van der Waals surface area contributed by atoms with Crippen molar-refractivity contribution in [1.29, 1.82) is 0 Å². The number of hydrogen-bond donors (Lipinski definition) is 1. The fourth-order valence-electron chi connectivity index (χ4n) is 3.56. The Hall–Kier alpha value is -2.12. The molecule has 0 unspecified atom stereocenters. The van der Waals surface area contributed by atoms with Gasteiger partial charge in [0, 0.05) is 47.4 Å². The lowest BCUT2D eigenvalue weighted by Crippen LogP contribution is -2.56. The Morgan fingerprint density at radius 3 is 2.42 bits per heavy atom. The first-order valence-corrected chi connectivity index (χ1v) is 13.1. The Morgan fingerprint density at radius 1 is 1.21 bits per heavy atom. The van der Waals surface area contributed by atoms with Crippen LogP contribution in [-0.4, -0.2) is 54.3 Å². The summed E-state index contributed by atoms with van der Waals surface area (Å²) in [5.74, 6) is -0.0403. The molecule has 33 heavy (non-hydrogen) atoms. The smallest absolute Gasteiger partial charge is 0.254 e. The van der Waals surface area contributed by atoms with Crippen molar-refractivity contribution in [3.63, 3.8) is 0 Å². The van der Waals surface area contributed by atoms with Crippen molar-refractivity contribution in [2.45, 2.75) is 58.9 Å². The van der Waals surface area contributed by atoms with Crippen molar-refractivity contribution in [2.75, 3.05) is 26.7 Å². The number of nitrogens with zero attached hydrogens (tertiary/aromatic N) is 2. The molecule has 0 aromatic heterocycles. The van der Waals surface area contributed by atoms with Crippen molar-refractivity contribution >= 4 is 35.3 Å². The first-order valence-electron chi connectivity index (χ1n) is 11.5. The van der Waals surface area contributed by atoms with Crippen molar-refractivity contribution in [3.05, 3.63) is 63.4 Å². The minimum absolute atomic E-state index is 0.0152. The summed E-state index contributed by atoms with van der Waals surface area (Å²) in [5, 5.41) is 3.93. The van der Waals surface area contributed by atoms with Crippen LogP contribution < -0.4 is 5.32 Å². The van der Waals surface area contributed by atoms with Gasteiger partial charge in [-0.15, -0.1) is 0 Å². The van der Waals surface area contributed by atoms with E-state index in [-0.39, 0.29) is 17.9 Å². The number of benzene rings is 1. The molecule has 1 atom stereocenters. The van der Waals surface area contributed by atoms with Crippen LogP contribution in [0.4, 0.5) is 0 Å². The van der Waals surface area contributed by atoms with E-state index in [2.05, 4.69) is 37.5 Å². The summed E-state index contributed by atoms with van der Waals surface area (Å²) < 4.78 is 1.10. The van der Waals surface area contributed by atoms with Crippen molar-refractivity contribution in [2.24, 2.45) is 0 Å². The molecule has 1 aliphatic heterocycles. The zero-order valence-corrected chi connectivity index (χ0v) is 22.8. The molecule has 2 amide bonds. The summed E-state index contributed by atoms with van der Waals surface area (Å²) in [4.78, 5) is 30.3. The predicted molar refractivity (Wildman–Crippen MR) is 145 cm³/mol. The number of aryl methyl sites for hydroxylation is 2. The highest BCUT2D eigenvalue weighted by molar-refractivity contribution is 8.24. The van der Waals surface area contributed by atoms with Crippen LogP contribution in [0.15, 0.2) is 51.6 Å². The SMILES string of the molecule is C=CC(=O)N1CCN(C(=O)c2cc(S/C(=C/C)SC(=C)NC)c(C)cc2C)C[C@H]1CC.CC. The summed E-state index contributed by atoms with van der Waals surface area (Å²) in [6, 6.07) is 4.10. The van der Waals surface area contributed by atoms with E-state index >= 15 is 0 Å². The molecule has 0 aliphatic carbocycles. The van der Waals surface area contributed by atoms with Gasteiger partial charge in [-0.05, 0) is 50.5 Å². The minimum atomic E-state index is -0.0660. The first kappa shape index (κ1) is 28.9. The second kappa shape index (κ2) is 14.2. The number of carbonyl (C=O) groups excluding carboxylic acids is 2. The molecule has 0 radical (unpaired) electrons. The van der Waals surface area contributed by atoms with Gasteiger partial charge in [0.2, 0.25) is 5.91 Å². The maximum atomic E-state index is 13.4. The molecular formula is C26H39N3O2S2. The van der Waals surface area contributed by atoms with Crippen LogP contribution >= 0.6 is 23.5 Å². The third-order valence-corrected chi connectivity index (χ3v) is 7.88. The molecule has 5 nitrogen and oxygen atoms in total. The second-order valence-corrected chi connectivity index (χ2v) is 9.95. The molecule has 1 fully saturated rings. The Morgan fingerprint density at radius 2 is 1.88 bits per heavy atom. The van der Waals surface area contributed by atoms with Crippen molar-refractivity contribution in [3.8, 4) is 0 Å². The van der Waals surface area contributed by atoms with Crippen molar-refractivity contribution < 1.29 is 9.59 Å². The lowest BCUT2D eigenvalue weighted by Gasteiger charge is -2.41. The van der Waals surface area contributed by atoms with Crippen LogP contribution in [0.5, 0.6) is 0 Å². The van der Waals surface area contributed by atoms with Crippen LogP contribution in [0.25, 0.3) is 0 Å². The number of piperazine rings is 1. The quantitative estimate of drug-likeness (QED) is 0.361. The number of rotatable bonds is 8. The minimum Gasteiger partial charge on any atom is -0.383 e. The standard InChI is InChI=1S/C24H33N3O2S2.C2H6/c1-8-19-15-26(11-12-27(19)22(28)9-2)24(29)20-14-21(17(5)13-16(20)4)31-23(10-3)30-18(6)25-7;1-2/h9-10,13-14,19,25H,2,6,8,11-12,15H2,1,3-5,7H3;1-2H3/b23-10+;/t19-;/m1./s1. The van der Waals surface area contributed by atoms with Gasteiger partial charge in [-0.25, -0.2) is 0 Å². The van der Waals surface area contributed by atoms with Gasteiger partial charge >= 0.3 is 0 Å². The third-order valence-electron chi connectivity index (χ3n) is 5.40. The number of nitrogens with one attached hydrogen (secondary N) is 1. The monoisotopic (exact) mass is 489 g/mol. The van der Waals surface area contributed by atoms with Gasteiger partial charge in [-0.2, -0.15) is 0 Å². The van der Waals surface area contributed by atoms with E-state index in [0.717, 1.165) is 37.3 Å². The van der Waals surface area contributed by atoms with Crippen LogP contribution in [-0.2, 0) is 4.79 Å². The average Bonchev–Trinajstić information content (AvgIpc) is 2.84. The molecular weight excluding hydrogens is 450 g/mol. The summed E-state index contributed by atoms with van der Waals surface area (Å²) in [5.41, 5.74) is 2.83. The third kappa shape index (κ3) is 7.71. The predicted octanol–water partition coefficient (Wildman–Crippen LogP) is 5.96. The molecule has 7 heteroatoms. The largest absolute Gasteiger partial charge is 0.383 e. The number of allylic oxidation sites excluding steroid dienone is 1. The van der Waals surface area contributed by atoms with Crippen LogP contribution in [0.2, 0.25) is 0 Å². The van der Waals surface area contributed by atoms with Gasteiger partial charge in [-0.1, -0.05) is 69.6 Å². The van der Waals surface area contributed by atoms with Gasteiger partial charge < -0.3 is 15.1 Å². The Bertz CT molecular complexity index is 896. The molecule has 1 heterocycles. The fourth-order valence-corrected chi connectivity index (χ4v) is 5.49. The molecule has 182 valence electrons. The molecule has 0 spiro atoms. The molecule has 1 saturated heterocycles. The highest BCUT2D eigenvalue weighted by atomic mass is 32.2. The number of amides is 2. The summed E-state index contributed by atoms with van der Waals surface area (Å²) in [7, 11) is 1.85. The molecule has 0 saturated carbocycles. The maximum Gasteiger partial charge on any atom is 0.254 e. The normalized spacial score (nSPS) is 16.0. The Kier molecular flexibility index (Phi) is 12.4. The zero-order chi connectivity index (χ0) is 25.1. The molecule has 0 bridgehead atoms. The van der Waals surface area contributed by atoms with Crippen molar-refractivity contribution in [1.82, 2.24) is 15.1 Å². The van der Waals surface area contributed by atoms with Crippen LogP contribution in [0, 0.1) is 13.8 Å². The Balaban J connectivity index is 0.00000265. The van der Waals surface area contributed by atoms with Gasteiger partial charge in [0.15, 0.2) is 0 Å². The van der Waals surface area contributed by atoms with Gasteiger partial charge in [0.05, 0.1) is 5.03 Å². The number of carbonyl (C=O) groups is 2. The van der Waals surface area contributed by atoms with Crippen LogP contribution in [0.1, 0.15) is 55.6 Å². The average molecular weight is 490 g/mol. The van der Waals surface area contributed by atoms with Gasteiger partial charge in [0.25, 0.3) is 5.91 Å². The van der Waals surface area contributed by atoms with E-state index in [1.165, 1.54) is 6.08 Å². The van der Waals surface area contributed by atoms with Crippen LogP contribution in [0.3, 0.4) is 0 Å². The molecule has 1 aliphatic rings. The van der Waals surface area contributed by atoms with E-state index in [1.807, 2.05) is 57.5 Å². The molecule has 1 aromatic rings. The number of hydrogen-bond acceptors (Lipinski definition) is 5. The molecule has 2 rings (SSSR count). The second-order valence-electron chi connectivity index (χ2n) is 7.47. The molecule has 1 aromatic carbocycles. The van der Waals surface area contributed by atoms with Gasteiger partial charge in [-0.3, -0.25) is 9.59 Å². The maximum absolute atomic E-state index is 13.4. The van der Waals surface area contributed by atoms with E-state index in [0.29, 0.717) is 19.6 Å². The van der Waals surface area contributed by atoms with Gasteiger partial charge in [0.1, 0.15) is 0 Å². The topological polar surface area (TPSA) is 52.7 Å². The summed E-state index contributed by atoms with van der Waals surface area (Å²) >= 11 is 3.23.